The summed E-state index contributed by atoms with van der Waals surface area (Å²) in [6.45, 7) is 3.59. The third-order valence-corrected chi connectivity index (χ3v) is 4.02. The summed E-state index contributed by atoms with van der Waals surface area (Å²) >= 11 is 0. The molecule has 0 bridgehead atoms. The number of nitrogens with one attached hydrogen (secondary N) is 2. The van der Waals surface area contributed by atoms with Crippen LogP contribution in [0.2, 0.25) is 0 Å². The smallest absolute Gasteiger partial charge is 0.303 e. The number of hydrogen-bond donors (Lipinski definition) is 3. The van der Waals surface area contributed by atoms with E-state index in [0.29, 0.717) is 18.9 Å². The van der Waals surface area contributed by atoms with Crippen molar-refractivity contribution in [3.05, 3.63) is 35.9 Å². The molecule has 5 nitrogen and oxygen atoms in total. The molecule has 1 aromatic carbocycles. The highest BCUT2D eigenvalue weighted by Crippen LogP contribution is 2.22. The minimum Gasteiger partial charge on any atom is -0.481 e. The van der Waals surface area contributed by atoms with E-state index in [1.165, 1.54) is 0 Å². The first-order valence-electron chi connectivity index (χ1n) is 7.35. The fraction of sp³-hybridized carbons (Fsp3) is 0.500. The van der Waals surface area contributed by atoms with E-state index in [1.54, 1.807) is 0 Å². The second-order valence-electron chi connectivity index (χ2n) is 5.65. The molecule has 1 heterocycles. The van der Waals surface area contributed by atoms with Crippen molar-refractivity contribution in [2.75, 3.05) is 13.1 Å². The Morgan fingerprint density at radius 1 is 1.33 bits per heavy atom. The summed E-state index contributed by atoms with van der Waals surface area (Å²) in [4.78, 5) is 23.2. The molecule has 0 radical (unpaired) electrons. The van der Waals surface area contributed by atoms with Crippen LogP contribution in [0.1, 0.15) is 31.4 Å². The zero-order valence-electron chi connectivity index (χ0n) is 12.2. The van der Waals surface area contributed by atoms with Gasteiger partial charge in [-0.3, -0.25) is 9.59 Å². The van der Waals surface area contributed by atoms with Crippen LogP contribution in [-0.4, -0.2) is 30.1 Å². The molecule has 1 fully saturated rings. The third kappa shape index (κ3) is 4.29. The number of hydrogen-bond acceptors (Lipinski definition) is 3. The normalized spacial score (nSPS) is 22.7. The Labute approximate surface area is 124 Å². The van der Waals surface area contributed by atoms with Gasteiger partial charge in [0.15, 0.2) is 0 Å². The van der Waals surface area contributed by atoms with Gasteiger partial charge in [0.2, 0.25) is 5.91 Å². The van der Waals surface area contributed by atoms with Gasteiger partial charge < -0.3 is 15.7 Å². The summed E-state index contributed by atoms with van der Waals surface area (Å²) in [6.07, 6.45) is 0.442. The molecule has 2 rings (SSSR count). The van der Waals surface area contributed by atoms with E-state index in [-0.39, 0.29) is 24.3 Å². The lowest BCUT2D eigenvalue weighted by molar-refractivity contribution is -0.137. The monoisotopic (exact) mass is 290 g/mol. The highest BCUT2D eigenvalue weighted by molar-refractivity contribution is 5.80. The molecule has 0 aliphatic carbocycles. The van der Waals surface area contributed by atoms with Gasteiger partial charge in [0.1, 0.15) is 0 Å². The van der Waals surface area contributed by atoms with Crippen molar-refractivity contribution in [2.24, 2.45) is 11.8 Å². The summed E-state index contributed by atoms with van der Waals surface area (Å²) in [5, 5.41) is 15.1. The summed E-state index contributed by atoms with van der Waals surface area (Å²) in [7, 11) is 0. The molecular formula is C16H22N2O3. The molecule has 114 valence electrons. The first-order chi connectivity index (χ1) is 10.1. The van der Waals surface area contributed by atoms with Crippen LogP contribution in [0.4, 0.5) is 0 Å². The van der Waals surface area contributed by atoms with Crippen LogP contribution >= 0.6 is 0 Å². The van der Waals surface area contributed by atoms with E-state index in [2.05, 4.69) is 17.6 Å². The lowest BCUT2D eigenvalue weighted by atomic mass is 9.95. The fourth-order valence-corrected chi connectivity index (χ4v) is 2.72. The van der Waals surface area contributed by atoms with Crippen LogP contribution in [0.3, 0.4) is 0 Å². The molecule has 0 spiro atoms. The molecule has 3 atom stereocenters. The second kappa shape index (κ2) is 7.22. The molecule has 3 unspecified atom stereocenters. The van der Waals surface area contributed by atoms with E-state index in [1.807, 2.05) is 30.3 Å². The van der Waals surface area contributed by atoms with Crippen LogP contribution in [0.25, 0.3) is 0 Å². The Kier molecular flexibility index (Phi) is 5.33. The number of carboxylic acid groups (broad SMARTS) is 1. The number of carbonyl (C=O) groups is 2. The van der Waals surface area contributed by atoms with Gasteiger partial charge >= 0.3 is 5.97 Å². The largest absolute Gasteiger partial charge is 0.481 e. The topological polar surface area (TPSA) is 78.4 Å². The van der Waals surface area contributed by atoms with Crippen LogP contribution in [-0.2, 0) is 9.59 Å². The fourth-order valence-electron chi connectivity index (χ4n) is 2.72. The van der Waals surface area contributed by atoms with Crippen LogP contribution in [0.15, 0.2) is 30.3 Å². The minimum absolute atomic E-state index is 0.00624. The highest BCUT2D eigenvalue weighted by Gasteiger charge is 2.30. The van der Waals surface area contributed by atoms with Crippen molar-refractivity contribution in [1.29, 1.82) is 0 Å². The Bertz CT molecular complexity index is 490. The van der Waals surface area contributed by atoms with Crippen molar-refractivity contribution in [3.63, 3.8) is 0 Å². The van der Waals surface area contributed by atoms with E-state index >= 15 is 0 Å². The summed E-state index contributed by atoms with van der Waals surface area (Å²) in [6, 6.07) is 9.29. The minimum atomic E-state index is -0.846. The maximum Gasteiger partial charge on any atom is 0.303 e. The van der Waals surface area contributed by atoms with Crippen molar-refractivity contribution in [3.8, 4) is 0 Å². The molecule has 1 aromatic rings. The van der Waals surface area contributed by atoms with E-state index in [0.717, 1.165) is 12.1 Å². The Hall–Kier alpha value is -1.88. The van der Waals surface area contributed by atoms with E-state index in [9.17, 15) is 9.59 Å². The first-order valence-corrected chi connectivity index (χ1v) is 7.35. The number of benzene rings is 1. The predicted octanol–water partition coefficient (Wildman–Crippen LogP) is 1.56. The van der Waals surface area contributed by atoms with Gasteiger partial charge in [-0.15, -0.1) is 0 Å². The number of rotatable bonds is 6. The summed E-state index contributed by atoms with van der Waals surface area (Å²) in [5.41, 5.74) is 0.950. The highest BCUT2D eigenvalue weighted by atomic mass is 16.4. The van der Waals surface area contributed by atoms with E-state index in [4.69, 9.17) is 5.11 Å². The van der Waals surface area contributed by atoms with Crippen molar-refractivity contribution in [2.45, 2.75) is 25.8 Å². The summed E-state index contributed by atoms with van der Waals surface area (Å²) < 4.78 is 0. The maximum atomic E-state index is 12.4. The zero-order valence-corrected chi connectivity index (χ0v) is 12.2. The van der Waals surface area contributed by atoms with Gasteiger partial charge in [-0.05, 0) is 24.4 Å². The van der Waals surface area contributed by atoms with Gasteiger partial charge in [0.05, 0.1) is 12.0 Å². The average molecular weight is 290 g/mol. The molecule has 0 aromatic heterocycles. The molecule has 5 heteroatoms. The van der Waals surface area contributed by atoms with Gasteiger partial charge in [0.25, 0.3) is 0 Å². The first kappa shape index (κ1) is 15.5. The molecule has 1 saturated heterocycles. The van der Waals surface area contributed by atoms with Gasteiger partial charge in [-0.25, -0.2) is 0 Å². The molecule has 3 N–H and O–H groups in total. The maximum absolute atomic E-state index is 12.4. The average Bonchev–Trinajstić information content (AvgIpc) is 2.90. The zero-order chi connectivity index (χ0) is 15.2. The van der Waals surface area contributed by atoms with E-state index < -0.39 is 5.97 Å². The number of amides is 1. The van der Waals surface area contributed by atoms with Crippen molar-refractivity contribution in [1.82, 2.24) is 10.6 Å². The summed E-state index contributed by atoms with van der Waals surface area (Å²) in [5.74, 6) is -0.574. The third-order valence-electron chi connectivity index (χ3n) is 4.02. The van der Waals surface area contributed by atoms with Gasteiger partial charge in [-0.1, -0.05) is 37.3 Å². The Balaban J connectivity index is 2.04. The molecular weight excluding hydrogens is 268 g/mol. The quantitative estimate of drug-likeness (QED) is 0.743. The lowest BCUT2D eigenvalue weighted by Gasteiger charge is -2.22. The Morgan fingerprint density at radius 2 is 2.05 bits per heavy atom. The number of carbonyl (C=O) groups excluding carboxylic acids is 1. The van der Waals surface area contributed by atoms with Crippen LogP contribution < -0.4 is 10.6 Å². The van der Waals surface area contributed by atoms with Gasteiger partial charge in [0, 0.05) is 13.0 Å². The predicted molar refractivity (Wildman–Crippen MR) is 79.7 cm³/mol. The second-order valence-corrected chi connectivity index (χ2v) is 5.65. The standard InChI is InChI=1S/C16H22N2O3/c1-11-9-17-10-13(11)16(21)18-14(7-8-15(19)20)12-5-3-2-4-6-12/h2-6,11,13-14,17H,7-10H2,1H3,(H,18,21)(H,19,20). The SMILES string of the molecule is CC1CNCC1C(=O)NC(CCC(=O)O)c1ccccc1. The van der Waals surface area contributed by atoms with Crippen molar-refractivity contribution < 1.29 is 14.7 Å². The molecule has 1 amide bonds. The Morgan fingerprint density at radius 3 is 2.62 bits per heavy atom. The van der Waals surface area contributed by atoms with Crippen LogP contribution in [0.5, 0.6) is 0 Å². The molecule has 0 saturated carbocycles. The van der Waals surface area contributed by atoms with Gasteiger partial charge in [-0.2, -0.15) is 0 Å². The molecule has 21 heavy (non-hydrogen) atoms. The number of aliphatic carboxylic acids is 1. The van der Waals surface area contributed by atoms with Crippen LogP contribution in [0, 0.1) is 11.8 Å². The number of carboxylic acids is 1. The van der Waals surface area contributed by atoms with Crippen molar-refractivity contribution >= 4 is 11.9 Å². The lowest BCUT2D eigenvalue weighted by Crippen LogP contribution is -2.37. The molecule has 1 aliphatic heterocycles. The molecule has 1 aliphatic rings.